The summed E-state index contributed by atoms with van der Waals surface area (Å²) in [4.78, 5) is 18.2. The summed E-state index contributed by atoms with van der Waals surface area (Å²) >= 11 is 0. The summed E-state index contributed by atoms with van der Waals surface area (Å²) < 4.78 is 46.3. The van der Waals surface area contributed by atoms with E-state index in [0.717, 1.165) is 0 Å². The van der Waals surface area contributed by atoms with Crippen molar-refractivity contribution in [3.63, 3.8) is 0 Å². The number of nitrogens with zero attached hydrogens (tertiary/aromatic N) is 2. The van der Waals surface area contributed by atoms with Gasteiger partial charge in [-0.05, 0) is 30.3 Å². The Bertz CT molecular complexity index is 907. The summed E-state index contributed by atoms with van der Waals surface area (Å²) in [6.45, 7) is 0.654. The number of ether oxygens (including phenoxy) is 1. The molecule has 2 aliphatic heterocycles. The Morgan fingerprint density at radius 3 is 2.88 bits per heavy atom. The number of benzene rings is 1. The van der Waals surface area contributed by atoms with Gasteiger partial charge in [-0.15, -0.1) is 4.72 Å². The first kappa shape index (κ1) is 17.1. The van der Waals surface area contributed by atoms with E-state index in [1.54, 1.807) is 4.90 Å². The molecular weight excluding hydrogens is 361 g/mol. The van der Waals surface area contributed by atoms with Gasteiger partial charge < -0.3 is 14.2 Å². The van der Waals surface area contributed by atoms with Crippen LogP contribution in [0.15, 0.2) is 47.5 Å². The highest BCUT2D eigenvalue weighted by Gasteiger charge is 2.48. The van der Waals surface area contributed by atoms with Crippen LogP contribution in [0.25, 0.3) is 0 Å². The van der Waals surface area contributed by atoms with Crippen LogP contribution in [0.4, 0.5) is 4.39 Å². The van der Waals surface area contributed by atoms with Crippen molar-refractivity contribution >= 4 is 16.3 Å². The van der Waals surface area contributed by atoms with Crippen molar-refractivity contribution in [3.8, 4) is 5.88 Å². The van der Waals surface area contributed by atoms with E-state index in [0.29, 0.717) is 18.5 Å². The van der Waals surface area contributed by atoms with Crippen LogP contribution in [0.5, 0.6) is 5.88 Å². The second-order valence-electron chi connectivity index (χ2n) is 6.40. The van der Waals surface area contributed by atoms with Crippen molar-refractivity contribution in [1.29, 1.82) is 0 Å². The van der Waals surface area contributed by atoms with Crippen molar-refractivity contribution in [3.05, 3.63) is 54.0 Å². The number of carbonyl (C=O) groups is 1. The minimum Gasteiger partial charge on any atom is -0.593 e. The number of aromatic nitrogens is 1. The molecular formula is C17H16FN3O4S. The summed E-state index contributed by atoms with van der Waals surface area (Å²) in [6.07, 6.45) is 1.92. The molecule has 4 rings (SSSR count). The zero-order valence-electron chi connectivity index (χ0n) is 13.7. The molecule has 1 saturated heterocycles. The smallest absolute Gasteiger partial charge is 0.272 e. The highest BCUT2D eigenvalue weighted by molar-refractivity contribution is 7.95. The summed E-state index contributed by atoms with van der Waals surface area (Å²) in [5.74, 6) is -0.629. The molecule has 1 aromatic heterocycles. The van der Waals surface area contributed by atoms with Gasteiger partial charge in [0.05, 0.1) is 13.1 Å². The van der Waals surface area contributed by atoms with Crippen molar-refractivity contribution in [2.24, 2.45) is 0 Å². The van der Waals surface area contributed by atoms with Gasteiger partial charge in [0.2, 0.25) is 4.90 Å². The quantitative estimate of drug-likeness (QED) is 0.758. The molecule has 136 valence electrons. The molecule has 9 heteroatoms. The number of hydrogen-bond acceptors (Lipinski definition) is 5. The van der Waals surface area contributed by atoms with Crippen LogP contribution in [-0.2, 0) is 14.6 Å². The summed E-state index contributed by atoms with van der Waals surface area (Å²) in [5, 5.41) is 0. The molecule has 1 spiro atoms. The standard InChI is InChI=1S/C17H16FN3O4S/c18-13-5-3-12(4-6-13)16(22)21-9-7-17(11-21)10-20-26(23,24)14-2-1-8-19-15(14)25-17/h1-6,8H,7,9-11H2,(H-,20,23,24). The zero-order valence-corrected chi connectivity index (χ0v) is 14.5. The minimum atomic E-state index is -3.72. The number of likely N-dealkylation sites (tertiary alicyclic amines) is 1. The second-order valence-corrected chi connectivity index (χ2v) is 8.14. The van der Waals surface area contributed by atoms with Gasteiger partial charge >= 0.3 is 0 Å². The molecule has 2 aliphatic rings. The van der Waals surface area contributed by atoms with E-state index >= 15 is 0 Å². The fraction of sp³-hybridized carbons (Fsp3) is 0.294. The van der Waals surface area contributed by atoms with Crippen LogP contribution >= 0.6 is 0 Å². The Labute approximate surface area is 150 Å². The maximum Gasteiger partial charge on any atom is 0.272 e. The third kappa shape index (κ3) is 2.98. The number of nitrogens with one attached hydrogen (secondary N) is 1. The molecule has 7 nitrogen and oxygen atoms in total. The van der Waals surface area contributed by atoms with E-state index in [1.807, 2.05) is 0 Å². The van der Waals surface area contributed by atoms with E-state index in [1.165, 1.54) is 42.6 Å². The Kier molecular flexibility index (Phi) is 4.02. The first-order valence-corrected chi connectivity index (χ1v) is 9.55. The van der Waals surface area contributed by atoms with Crippen LogP contribution in [-0.4, -0.2) is 45.6 Å². The summed E-state index contributed by atoms with van der Waals surface area (Å²) in [7, 11) is -3.72. The predicted molar refractivity (Wildman–Crippen MR) is 89.6 cm³/mol. The molecule has 0 bridgehead atoms. The first-order chi connectivity index (χ1) is 12.4. The molecule has 26 heavy (non-hydrogen) atoms. The van der Waals surface area contributed by atoms with Crippen LogP contribution < -0.4 is 9.46 Å². The monoisotopic (exact) mass is 377 g/mol. The van der Waals surface area contributed by atoms with Crippen LogP contribution in [0.1, 0.15) is 16.8 Å². The van der Waals surface area contributed by atoms with E-state index in [2.05, 4.69) is 9.71 Å². The van der Waals surface area contributed by atoms with Crippen LogP contribution in [0.3, 0.4) is 0 Å². The van der Waals surface area contributed by atoms with Gasteiger partial charge in [-0.3, -0.25) is 4.79 Å². The fourth-order valence-corrected chi connectivity index (χ4v) is 4.41. The van der Waals surface area contributed by atoms with Gasteiger partial charge in [0.25, 0.3) is 11.8 Å². The highest BCUT2D eigenvalue weighted by atomic mass is 32.3. The average Bonchev–Trinajstić information content (AvgIpc) is 3.00. The van der Waals surface area contributed by atoms with E-state index in [-0.39, 0.29) is 29.8 Å². The number of rotatable bonds is 1. The first-order valence-electron chi connectivity index (χ1n) is 8.07. The van der Waals surface area contributed by atoms with Crippen molar-refractivity contribution in [1.82, 2.24) is 14.6 Å². The molecule has 0 aliphatic carbocycles. The molecule has 1 fully saturated rings. The largest absolute Gasteiger partial charge is 0.593 e. The van der Waals surface area contributed by atoms with Crippen molar-refractivity contribution in [2.75, 3.05) is 19.6 Å². The minimum absolute atomic E-state index is 0.0137. The summed E-state index contributed by atoms with van der Waals surface area (Å²) in [5.41, 5.74) is -0.515. The SMILES string of the molecule is O=C(c1ccc(F)cc1)N1CCC2(CN[S+](=O)([O-])c3cccnc3O2)C1. The molecule has 1 aromatic carbocycles. The van der Waals surface area contributed by atoms with E-state index in [4.69, 9.17) is 4.74 Å². The van der Waals surface area contributed by atoms with Gasteiger partial charge in [-0.1, -0.05) is 4.21 Å². The van der Waals surface area contributed by atoms with Crippen molar-refractivity contribution in [2.45, 2.75) is 16.9 Å². The lowest BCUT2D eigenvalue weighted by atomic mass is 10.0. The number of fused-ring (bicyclic) bond motifs is 1. The maximum atomic E-state index is 13.1. The molecule has 1 N–H and O–H groups in total. The Morgan fingerprint density at radius 1 is 1.35 bits per heavy atom. The molecule has 0 saturated carbocycles. The zero-order chi connectivity index (χ0) is 18.4. The predicted octanol–water partition coefficient (Wildman–Crippen LogP) is 1.39. The number of amides is 1. The van der Waals surface area contributed by atoms with Gasteiger partial charge in [-0.2, -0.15) is 0 Å². The van der Waals surface area contributed by atoms with Gasteiger partial charge in [0.1, 0.15) is 11.4 Å². The van der Waals surface area contributed by atoms with Gasteiger partial charge in [0.15, 0.2) is 10.4 Å². The lowest BCUT2D eigenvalue weighted by Crippen LogP contribution is -2.49. The van der Waals surface area contributed by atoms with Crippen LogP contribution in [0, 0.1) is 5.82 Å². The molecule has 0 radical (unpaired) electrons. The van der Waals surface area contributed by atoms with Crippen molar-refractivity contribution < 1.29 is 22.7 Å². The fourth-order valence-electron chi connectivity index (χ4n) is 3.22. The number of carbonyl (C=O) groups excluding carboxylic acids is 1. The number of pyridine rings is 1. The Balaban J connectivity index is 1.59. The van der Waals surface area contributed by atoms with Gasteiger partial charge in [0, 0.05) is 30.8 Å². The molecule has 2 atom stereocenters. The number of hydrogen-bond donors (Lipinski definition) is 1. The Hall–Kier alpha value is -2.36. The number of sulfonamides is 1. The topological polar surface area (TPSA) is 94.6 Å². The van der Waals surface area contributed by atoms with Crippen LogP contribution in [0.2, 0.25) is 0 Å². The third-order valence-electron chi connectivity index (χ3n) is 4.62. The normalized spacial score (nSPS) is 27.7. The second kappa shape index (κ2) is 6.11. The van der Waals surface area contributed by atoms with Gasteiger partial charge in [-0.25, -0.2) is 9.37 Å². The molecule has 2 aromatic rings. The molecule has 1 amide bonds. The van der Waals surface area contributed by atoms with E-state index < -0.39 is 21.8 Å². The maximum absolute atomic E-state index is 13.1. The molecule has 2 unspecified atom stereocenters. The molecule has 3 heterocycles. The lowest BCUT2D eigenvalue weighted by molar-refractivity contribution is 0.0612. The summed E-state index contributed by atoms with van der Waals surface area (Å²) in [6, 6.07) is 8.27. The average molecular weight is 377 g/mol. The number of halogens is 1. The lowest BCUT2D eigenvalue weighted by Gasteiger charge is -2.27. The van der Waals surface area contributed by atoms with E-state index in [9.17, 15) is 17.9 Å². The third-order valence-corrected chi connectivity index (χ3v) is 6.03. The highest BCUT2D eigenvalue weighted by Crippen LogP contribution is 2.35. The Morgan fingerprint density at radius 2 is 2.12 bits per heavy atom.